The maximum atomic E-state index is 12.8. The van der Waals surface area contributed by atoms with E-state index in [1.54, 1.807) is 36.4 Å². The number of hydrogen-bond donors (Lipinski definition) is 2. The van der Waals surface area contributed by atoms with Gasteiger partial charge in [-0.25, -0.2) is 0 Å². The molecule has 1 unspecified atom stereocenters. The predicted molar refractivity (Wildman–Crippen MR) is 107 cm³/mol. The van der Waals surface area contributed by atoms with Gasteiger partial charge in [-0.1, -0.05) is 12.1 Å². The van der Waals surface area contributed by atoms with Gasteiger partial charge in [0.25, 0.3) is 11.7 Å². The summed E-state index contributed by atoms with van der Waals surface area (Å²) in [6.45, 7) is 2.81. The van der Waals surface area contributed by atoms with Gasteiger partial charge in [0.2, 0.25) is 0 Å². The molecule has 2 aromatic rings. The number of carbonyl (C=O) groups is 2. The number of phenols is 1. The molecule has 1 amide bonds. The molecule has 1 aliphatic rings. The molecule has 3 rings (SSSR count). The molecule has 7 nitrogen and oxygen atoms in total. The minimum atomic E-state index is -0.780. The average Bonchev–Trinajstić information content (AvgIpc) is 2.98. The van der Waals surface area contributed by atoms with E-state index in [1.807, 2.05) is 6.92 Å². The van der Waals surface area contributed by atoms with Crippen molar-refractivity contribution in [2.75, 3.05) is 26.9 Å². The van der Waals surface area contributed by atoms with E-state index in [1.165, 1.54) is 24.1 Å². The van der Waals surface area contributed by atoms with Crippen molar-refractivity contribution >= 4 is 17.4 Å². The third-order valence-corrected chi connectivity index (χ3v) is 4.72. The van der Waals surface area contributed by atoms with Crippen LogP contribution in [0.5, 0.6) is 11.5 Å². The van der Waals surface area contributed by atoms with E-state index in [9.17, 15) is 19.8 Å². The lowest BCUT2D eigenvalue weighted by Gasteiger charge is -2.25. The Balaban J connectivity index is 2.09. The number of aliphatic hydroxyl groups is 1. The predicted octanol–water partition coefficient (Wildman–Crippen LogP) is 2.86. The molecule has 29 heavy (non-hydrogen) atoms. The molecule has 1 atom stereocenters. The summed E-state index contributed by atoms with van der Waals surface area (Å²) in [5.74, 6) is -1.02. The lowest BCUT2D eigenvalue weighted by Crippen LogP contribution is -2.32. The van der Waals surface area contributed by atoms with Crippen LogP contribution >= 0.6 is 0 Å². The van der Waals surface area contributed by atoms with Gasteiger partial charge in [0, 0.05) is 19.2 Å². The molecular weight excluding hydrogens is 374 g/mol. The number of amides is 1. The van der Waals surface area contributed by atoms with Crippen molar-refractivity contribution in [3.63, 3.8) is 0 Å². The number of benzene rings is 2. The Hall–Kier alpha value is -3.32. The molecule has 1 saturated heterocycles. The summed E-state index contributed by atoms with van der Waals surface area (Å²) >= 11 is 0. The second-order valence-corrected chi connectivity index (χ2v) is 6.53. The maximum absolute atomic E-state index is 12.8. The molecule has 152 valence electrons. The SMILES string of the molecule is CCOc1ccc(/C(O)=C2/C(=O)C(=O)N(CCOC)C2c2ccc(O)cc2)cc1. The lowest BCUT2D eigenvalue weighted by atomic mass is 9.95. The second-order valence-electron chi connectivity index (χ2n) is 6.53. The molecule has 7 heteroatoms. The number of ether oxygens (including phenoxy) is 2. The van der Waals surface area contributed by atoms with E-state index < -0.39 is 17.7 Å². The first-order valence-corrected chi connectivity index (χ1v) is 9.27. The fourth-order valence-electron chi connectivity index (χ4n) is 3.33. The highest BCUT2D eigenvalue weighted by atomic mass is 16.5. The van der Waals surface area contributed by atoms with Gasteiger partial charge >= 0.3 is 0 Å². The monoisotopic (exact) mass is 397 g/mol. The van der Waals surface area contributed by atoms with E-state index in [0.717, 1.165) is 0 Å². The first-order chi connectivity index (χ1) is 14.0. The highest BCUT2D eigenvalue weighted by molar-refractivity contribution is 6.46. The second kappa shape index (κ2) is 8.79. The molecule has 0 saturated carbocycles. The van der Waals surface area contributed by atoms with Crippen LogP contribution < -0.4 is 4.74 Å². The van der Waals surface area contributed by atoms with Gasteiger partial charge in [-0.3, -0.25) is 9.59 Å². The van der Waals surface area contributed by atoms with Crippen molar-refractivity contribution in [2.45, 2.75) is 13.0 Å². The number of phenolic OH excluding ortho intramolecular Hbond substituents is 1. The topological polar surface area (TPSA) is 96.3 Å². The molecule has 1 fully saturated rings. The molecule has 0 aromatic heterocycles. The quantitative estimate of drug-likeness (QED) is 0.424. The number of hydrogen-bond acceptors (Lipinski definition) is 6. The van der Waals surface area contributed by atoms with E-state index in [4.69, 9.17) is 9.47 Å². The lowest BCUT2D eigenvalue weighted by molar-refractivity contribution is -0.140. The number of aromatic hydroxyl groups is 1. The number of carbonyl (C=O) groups excluding carboxylic acids is 2. The van der Waals surface area contributed by atoms with Crippen LogP contribution in [0.15, 0.2) is 54.1 Å². The molecular formula is C22H23NO6. The fraction of sp³-hybridized carbons (Fsp3) is 0.273. The van der Waals surface area contributed by atoms with Crippen LogP contribution in [0.2, 0.25) is 0 Å². The minimum Gasteiger partial charge on any atom is -0.508 e. The first kappa shape index (κ1) is 20.4. The van der Waals surface area contributed by atoms with Crippen LogP contribution in [0.1, 0.15) is 24.1 Å². The minimum absolute atomic E-state index is 0.000882. The Kier molecular flexibility index (Phi) is 6.19. The maximum Gasteiger partial charge on any atom is 0.295 e. The highest BCUT2D eigenvalue weighted by Gasteiger charge is 2.45. The number of ketones is 1. The number of aliphatic hydroxyl groups excluding tert-OH is 1. The first-order valence-electron chi connectivity index (χ1n) is 9.27. The Morgan fingerprint density at radius 2 is 1.72 bits per heavy atom. The van der Waals surface area contributed by atoms with Gasteiger partial charge in [0.1, 0.15) is 17.3 Å². The average molecular weight is 397 g/mol. The summed E-state index contributed by atoms with van der Waals surface area (Å²) < 4.78 is 10.5. The van der Waals surface area contributed by atoms with Gasteiger partial charge in [-0.05, 0) is 48.9 Å². The van der Waals surface area contributed by atoms with Gasteiger partial charge in [-0.15, -0.1) is 0 Å². The molecule has 1 aliphatic heterocycles. The Morgan fingerprint density at radius 3 is 2.31 bits per heavy atom. The van der Waals surface area contributed by atoms with Crippen LogP contribution in [0.3, 0.4) is 0 Å². The van der Waals surface area contributed by atoms with Crippen molar-refractivity contribution in [3.8, 4) is 11.5 Å². The molecule has 1 heterocycles. The summed E-state index contributed by atoms with van der Waals surface area (Å²) in [4.78, 5) is 26.8. The zero-order valence-corrected chi connectivity index (χ0v) is 16.3. The van der Waals surface area contributed by atoms with Crippen LogP contribution in [-0.4, -0.2) is 53.7 Å². The van der Waals surface area contributed by atoms with E-state index in [0.29, 0.717) is 23.5 Å². The summed E-state index contributed by atoms with van der Waals surface area (Å²) in [7, 11) is 1.51. The van der Waals surface area contributed by atoms with Crippen LogP contribution in [0, 0.1) is 0 Å². The molecule has 0 spiro atoms. The summed E-state index contributed by atoms with van der Waals surface area (Å²) in [5.41, 5.74) is 1.01. The van der Waals surface area contributed by atoms with Crippen molar-refractivity contribution in [1.29, 1.82) is 0 Å². The highest BCUT2D eigenvalue weighted by Crippen LogP contribution is 2.39. The summed E-state index contributed by atoms with van der Waals surface area (Å²) in [6.07, 6.45) is 0. The van der Waals surface area contributed by atoms with Gasteiger partial charge < -0.3 is 24.6 Å². The van der Waals surface area contributed by atoms with Crippen LogP contribution in [0.25, 0.3) is 5.76 Å². The third kappa shape index (κ3) is 4.09. The smallest absolute Gasteiger partial charge is 0.295 e. The largest absolute Gasteiger partial charge is 0.508 e. The molecule has 0 bridgehead atoms. The number of nitrogens with zero attached hydrogens (tertiary/aromatic N) is 1. The zero-order valence-electron chi connectivity index (χ0n) is 16.3. The number of likely N-dealkylation sites (tertiary alicyclic amines) is 1. The number of methoxy groups -OCH3 is 1. The Morgan fingerprint density at radius 1 is 1.07 bits per heavy atom. The van der Waals surface area contributed by atoms with E-state index in [-0.39, 0.29) is 30.2 Å². The van der Waals surface area contributed by atoms with Crippen molar-refractivity contribution in [2.24, 2.45) is 0 Å². The zero-order chi connectivity index (χ0) is 21.0. The fourth-order valence-corrected chi connectivity index (χ4v) is 3.33. The van der Waals surface area contributed by atoms with E-state index in [2.05, 4.69) is 0 Å². The standard InChI is InChI=1S/C22H23NO6/c1-3-29-17-10-6-15(7-11-17)20(25)18-19(14-4-8-16(24)9-5-14)23(12-13-28-2)22(27)21(18)26/h4-11,19,24-25H,3,12-13H2,1-2H3/b20-18-. The van der Waals surface area contributed by atoms with Crippen molar-refractivity contribution < 1.29 is 29.3 Å². The van der Waals surface area contributed by atoms with Crippen molar-refractivity contribution in [1.82, 2.24) is 4.90 Å². The van der Waals surface area contributed by atoms with Crippen LogP contribution in [-0.2, 0) is 14.3 Å². The summed E-state index contributed by atoms with van der Waals surface area (Å²) in [5, 5.41) is 20.5. The Labute approximate surface area is 168 Å². The number of Topliss-reactive ketones (excluding diaryl/α,β-unsaturated/α-hetero) is 1. The normalized spacial score (nSPS) is 18.3. The molecule has 2 aromatic carbocycles. The molecule has 0 radical (unpaired) electrons. The Bertz CT molecular complexity index is 917. The van der Waals surface area contributed by atoms with Gasteiger partial charge in [0.15, 0.2) is 0 Å². The van der Waals surface area contributed by atoms with Crippen molar-refractivity contribution in [3.05, 3.63) is 65.2 Å². The van der Waals surface area contributed by atoms with E-state index >= 15 is 0 Å². The number of rotatable bonds is 7. The third-order valence-electron chi connectivity index (χ3n) is 4.72. The molecule has 0 aliphatic carbocycles. The van der Waals surface area contributed by atoms with Crippen LogP contribution in [0.4, 0.5) is 0 Å². The van der Waals surface area contributed by atoms with Gasteiger partial charge in [-0.2, -0.15) is 0 Å². The van der Waals surface area contributed by atoms with Gasteiger partial charge in [0.05, 0.1) is 24.8 Å². The molecule has 2 N–H and O–H groups in total. The summed E-state index contributed by atoms with van der Waals surface area (Å²) in [6, 6.07) is 12.1.